The molecule has 1 unspecified atom stereocenters. The molecule has 66 valence electrons. The fourth-order valence-corrected chi connectivity index (χ4v) is 0.446. The van der Waals surface area contributed by atoms with Crippen LogP contribution in [0.15, 0.2) is 0 Å². The maximum absolute atomic E-state index is 10.3. The molecule has 0 spiro atoms. The molecular formula is C8H16O3. The zero-order valence-electron chi connectivity index (χ0n) is 7.55. The fraction of sp³-hybridized carbons (Fsp3) is 0.875. The van der Waals surface area contributed by atoms with Gasteiger partial charge in [0, 0.05) is 0 Å². The fourth-order valence-electron chi connectivity index (χ4n) is 0.446. The maximum atomic E-state index is 10.3. The third-order valence-electron chi connectivity index (χ3n) is 1.19. The molecule has 0 aromatic rings. The normalized spacial score (nSPS) is 14.5. The lowest BCUT2D eigenvalue weighted by atomic mass is 10.1. The summed E-state index contributed by atoms with van der Waals surface area (Å²) >= 11 is 0. The van der Waals surface area contributed by atoms with Gasteiger partial charge in [-0.2, -0.15) is 0 Å². The molecule has 1 atom stereocenters. The van der Waals surface area contributed by atoms with Gasteiger partial charge in [0.05, 0.1) is 18.1 Å². The summed E-state index contributed by atoms with van der Waals surface area (Å²) in [6.45, 7) is 7.62. The molecule has 0 amide bonds. The Kier molecular flexibility index (Phi) is 3.52. The molecule has 11 heavy (non-hydrogen) atoms. The van der Waals surface area contributed by atoms with Gasteiger partial charge in [-0.25, -0.2) is 0 Å². The van der Waals surface area contributed by atoms with E-state index < -0.39 is 11.9 Å². The van der Waals surface area contributed by atoms with Gasteiger partial charge in [-0.15, -0.1) is 0 Å². The highest BCUT2D eigenvalue weighted by molar-refractivity contribution is 5.69. The maximum Gasteiger partial charge on any atom is 0.308 e. The van der Waals surface area contributed by atoms with Gasteiger partial charge in [-0.05, 0) is 27.7 Å². The summed E-state index contributed by atoms with van der Waals surface area (Å²) in [5.41, 5.74) is -0.246. The van der Waals surface area contributed by atoms with Crippen LogP contribution >= 0.6 is 0 Å². The first-order chi connectivity index (χ1) is 4.83. The Morgan fingerprint density at radius 3 is 2.27 bits per heavy atom. The van der Waals surface area contributed by atoms with E-state index in [1.165, 1.54) is 0 Å². The largest absolute Gasteiger partial charge is 0.481 e. The van der Waals surface area contributed by atoms with E-state index in [-0.39, 0.29) is 12.2 Å². The Morgan fingerprint density at radius 1 is 1.55 bits per heavy atom. The number of rotatable bonds is 3. The second-order valence-electron chi connectivity index (χ2n) is 3.66. The molecule has 0 rings (SSSR count). The van der Waals surface area contributed by atoms with Crippen molar-refractivity contribution < 1.29 is 14.6 Å². The summed E-state index contributed by atoms with van der Waals surface area (Å²) in [4.78, 5) is 10.3. The van der Waals surface area contributed by atoms with Crippen molar-refractivity contribution >= 4 is 5.97 Å². The second kappa shape index (κ2) is 3.72. The minimum absolute atomic E-state index is 0.246. The Balaban J connectivity index is 3.63. The molecule has 0 saturated carbocycles. The minimum Gasteiger partial charge on any atom is -0.481 e. The van der Waals surface area contributed by atoms with Crippen molar-refractivity contribution in [3.8, 4) is 0 Å². The summed E-state index contributed by atoms with van der Waals surface area (Å²) < 4.78 is 5.27. The Labute approximate surface area is 67.4 Å². The van der Waals surface area contributed by atoms with E-state index in [1.807, 2.05) is 20.8 Å². The van der Waals surface area contributed by atoms with Crippen molar-refractivity contribution in [3.63, 3.8) is 0 Å². The van der Waals surface area contributed by atoms with E-state index in [0.717, 1.165) is 0 Å². The highest BCUT2D eigenvalue weighted by Gasteiger charge is 2.16. The summed E-state index contributed by atoms with van der Waals surface area (Å²) in [7, 11) is 0. The van der Waals surface area contributed by atoms with Gasteiger partial charge in [0.2, 0.25) is 0 Å². The lowest BCUT2D eigenvalue weighted by molar-refractivity contribution is -0.145. The minimum atomic E-state index is -0.811. The summed E-state index contributed by atoms with van der Waals surface area (Å²) in [6.07, 6.45) is 0. The number of carbonyl (C=O) groups is 1. The first kappa shape index (κ1) is 10.4. The van der Waals surface area contributed by atoms with E-state index in [4.69, 9.17) is 9.84 Å². The van der Waals surface area contributed by atoms with Gasteiger partial charge in [0.1, 0.15) is 0 Å². The topological polar surface area (TPSA) is 46.5 Å². The highest BCUT2D eigenvalue weighted by atomic mass is 16.5. The van der Waals surface area contributed by atoms with E-state index in [2.05, 4.69) is 0 Å². The van der Waals surface area contributed by atoms with Crippen LogP contribution in [0.3, 0.4) is 0 Å². The number of ether oxygens (including phenoxy) is 1. The first-order valence-corrected chi connectivity index (χ1v) is 3.69. The molecule has 3 nitrogen and oxygen atoms in total. The van der Waals surface area contributed by atoms with Gasteiger partial charge in [0.25, 0.3) is 0 Å². The van der Waals surface area contributed by atoms with E-state index >= 15 is 0 Å². The predicted octanol–water partition coefficient (Wildman–Crippen LogP) is 1.52. The molecule has 3 heteroatoms. The number of hydrogen-bond donors (Lipinski definition) is 1. The monoisotopic (exact) mass is 160 g/mol. The van der Waals surface area contributed by atoms with Crippen molar-refractivity contribution in [3.05, 3.63) is 0 Å². The number of hydrogen-bond acceptors (Lipinski definition) is 2. The third-order valence-corrected chi connectivity index (χ3v) is 1.19. The van der Waals surface area contributed by atoms with Crippen molar-refractivity contribution in [2.24, 2.45) is 5.92 Å². The lowest BCUT2D eigenvalue weighted by Gasteiger charge is -2.20. The molecule has 0 aliphatic heterocycles. The van der Waals surface area contributed by atoms with Crippen molar-refractivity contribution in [1.29, 1.82) is 0 Å². The molecule has 0 aliphatic carbocycles. The van der Waals surface area contributed by atoms with E-state index in [9.17, 15) is 4.79 Å². The van der Waals surface area contributed by atoms with Gasteiger partial charge in [-0.1, -0.05) is 0 Å². The molecule has 0 bridgehead atoms. The van der Waals surface area contributed by atoms with Crippen LogP contribution in [0.4, 0.5) is 0 Å². The van der Waals surface area contributed by atoms with Gasteiger partial charge in [-0.3, -0.25) is 4.79 Å². The molecule has 0 heterocycles. The zero-order chi connectivity index (χ0) is 9.07. The van der Waals surface area contributed by atoms with Crippen LogP contribution in [0.2, 0.25) is 0 Å². The molecule has 0 aromatic carbocycles. The SMILES string of the molecule is CC(COC(C)(C)C)C(=O)O. The number of carboxylic acid groups (broad SMARTS) is 1. The first-order valence-electron chi connectivity index (χ1n) is 3.69. The number of aliphatic carboxylic acids is 1. The quantitative estimate of drug-likeness (QED) is 0.681. The number of carboxylic acids is 1. The van der Waals surface area contributed by atoms with Gasteiger partial charge < -0.3 is 9.84 Å². The van der Waals surface area contributed by atoms with Gasteiger partial charge >= 0.3 is 5.97 Å². The van der Waals surface area contributed by atoms with E-state index in [0.29, 0.717) is 0 Å². The zero-order valence-corrected chi connectivity index (χ0v) is 7.55. The molecular weight excluding hydrogens is 144 g/mol. The van der Waals surface area contributed by atoms with Crippen LogP contribution in [0.5, 0.6) is 0 Å². The molecule has 0 fully saturated rings. The van der Waals surface area contributed by atoms with Crippen LogP contribution in [0, 0.1) is 5.92 Å². The summed E-state index contributed by atoms with van der Waals surface area (Å²) in [6, 6.07) is 0. The van der Waals surface area contributed by atoms with Gasteiger partial charge in [0.15, 0.2) is 0 Å². The van der Waals surface area contributed by atoms with Crippen LogP contribution in [-0.4, -0.2) is 23.3 Å². The Bertz CT molecular complexity index is 135. The molecule has 1 N–H and O–H groups in total. The lowest BCUT2D eigenvalue weighted by Crippen LogP contribution is -2.25. The Morgan fingerprint density at radius 2 is 2.00 bits per heavy atom. The van der Waals surface area contributed by atoms with Crippen LogP contribution in [0.1, 0.15) is 27.7 Å². The predicted molar refractivity (Wildman–Crippen MR) is 42.5 cm³/mol. The standard InChI is InChI=1S/C8H16O3/c1-6(7(9)10)5-11-8(2,3)4/h6H,5H2,1-4H3,(H,9,10). The van der Waals surface area contributed by atoms with Crippen molar-refractivity contribution in [1.82, 2.24) is 0 Å². The van der Waals surface area contributed by atoms with Crippen molar-refractivity contribution in [2.75, 3.05) is 6.61 Å². The summed E-state index contributed by atoms with van der Waals surface area (Å²) in [5, 5.41) is 8.50. The molecule has 0 radical (unpaired) electrons. The van der Waals surface area contributed by atoms with Crippen molar-refractivity contribution in [2.45, 2.75) is 33.3 Å². The highest BCUT2D eigenvalue weighted by Crippen LogP contribution is 2.09. The second-order valence-corrected chi connectivity index (χ2v) is 3.66. The smallest absolute Gasteiger partial charge is 0.308 e. The average molecular weight is 160 g/mol. The van der Waals surface area contributed by atoms with E-state index in [1.54, 1.807) is 6.92 Å². The molecule has 0 aromatic heterocycles. The molecule has 0 aliphatic rings. The van der Waals surface area contributed by atoms with Crippen LogP contribution in [0.25, 0.3) is 0 Å². The average Bonchev–Trinajstić information content (AvgIpc) is 1.80. The van der Waals surface area contributed by atoms with Crippen LogP contribution < -0.4 is 0 Å². The molecule has 0 saturated heterocycles. The van der Waals surface area contributed by atoms with Crippen LogP contribution in [-0.2, 0) is 9.53 Å². The summed E-state index contributed by atoms with van der Waals surface area (Å²) in [5.74, 6) is -1.23. The Hall–Kier alpha value is -0.570. The third kappa shape index (κ3) is 5.85.